The maximum Gasteiger partial charge on any atom is 0.156 e. The van der Waals surface area contributed by atoms with Gasteiger partial charge in [-0.3, -0.25) is 0 Å². The first-order valence-corrected chi connectivity index (χ1v) is 7.22. The van der Waals surface area contributed by atoms with E-state index < -0.39 is 0 Å². The Bertz CT molecular complexity index is 652. The molecule has 4 heteroatoms. The van der Waals surface area contributed by atoms with Gasteiger partial charge < -0.3 is 9.84 Å². The molecule has 0 atom stereocenters. The predicted octanol–water partition coefficient (Wildman–Crippen LogP) is 4.31. The Morgan fingerprint density at radius 3 is 2.48 bits per heavy atom. The molecule has 0 aliphatic heterocycles. The molecular formula is C17H14Cl2O2. The second kappa shape index (κ2) is 7.95. The Morgan fingerprint density at radius 1 is 1.05 bits per heavy atom. The molecule has 0 heterocycles. The van der Waals surface area contributed by atoms with Gasteiger partial charge in [-0.05, 0) is 29.8 Å². The summed E-state index contributed by atoms with van der Waals surface area (Å²) >= 11 is 12.1. The van der Waals surface area contributed by atoms with Crippen molar-refractivity contribution in [2.75, 3.05) is 6.61 Å². The number of aliphatic hydroxyl groups is 1. The van der Waals surface area contributed by atoms with E-state index in [0.29, 0.717) is 28.8 Å². The highest BCUT2D eigenvalue weighted by molar-refractivity contribution is 6.37. The van der Waals surface area contributed by atoms with Crippen LogP contribution in [0.3, 0.4) is 0 Å². The van der Waals surface area contributed by atoms with Gasteiger partial charge in [-0.15, -0.1) is 0 Å². The summed E-state index contributed by atoms with van der Waals surface area (Å²) < 4.78 is 5.68. The molecule has 2 aromatic carbocycles. The molecule has 2 nitrogen and oxygen atoms in total. The quantitative estimate of drug-likeness (QED) is 0.851. The van der Waals surface area contributed by atoms with Crippen molar-refractivity contribution in [2.45, 2.75) is 13.0 Å². The smallest absolute Gasteiger partial charge is 0.156 e. The van der Waals surface area contributed by atoms with Gasteiger partial charge >= 0.3 is 0 Å². The molecule has 0 fully saturated rings. The average Bonchev–Trinajstić information content (AvgIpc) is 2.47. The first-order chi connectivity index (χ1) is 10.2. The van der Waals surface area contributed by atoms with Crippen LogP contribution in [-0.4, -0.2) is 11.7 Å². The summed E-state index contributed by atoms with van der Waals surface area (Å²) in [6.07, 6.45) is 0.468. The van der Waals surface area contributed by atoms with E-state index in [1.54, 1.807) is 18.2 Å². The summed E-state index contributed by atoms with van der Waals surface area (Å²) in [6, 6.07) is 13.0. The predicted molar refractivity (Wildman–Crippen MR) is 85.8 cm³/mol. The molecule has 0 unspecified atom stereocenters. The van der Waals surface area contributed by atoms with Crippen molar-refractivity contribution in [3.63, 3.8) is 0 Å². The molecule has 1 N–H and O–H groups in total. The van der Waals surface area contributed by atoms with E-state index in [-0.39, 0.29) is 6.61 Å². The minimum absolute atomic E-state index is 0.0702. The van der Waals surface area contributed by atoms with Crippen molar-refractivity contribution in [2.24, 2.45) is 0 Å². The summed E-state index contributed by atoms with van der Waals surface area (Å²) in [5.74, 6) is 6.36. The van der Waals surface area contributed by atoms with Crippen LogP contribution in [0.2, 0.25) is 10.0 Å². The van der Waals surface area contributed by atoms with E-state index in [4.69, 9.17) is 33.0 Å². The van der Waals surface area contributed by atoms with E-state index in [1.807, 2.05) is 24.3 Å². The van der Waals surface area contributed by atoms with Gasteiger partial charge in [0.25, 0.3) is 0 Å². The number of hydrogen-bond donors (Lipinski definition) is 1. The molecule has 108 valence electrons. The standard InChI is InChI=1S/C17H14Cl2O2/c18-15-8-4-9-16(19)17(15)21-12-14-7-3-6-13(11-14)5-1-2-10-20/h3-4,6-9,11,20H,2,10,12H2. The van der Waals surface area contributed by atoms with E-state index >= 15 is 0 Å². The molecule has 0 aromatic heterocycles. The topological polar surface area (TPSA) is 29.5 Å². The SMILES string of the molecule is OCCC#Cc1cccc(COc2c(Cl)cccc2Cl)c1. The molecule has 2 rings (SSSR count). The number of hydrogen-bond acceptors (Lipinski definition) is 2. The number of para-hydroxylation sites is 1. The molecule has 21 heavy (non-hydrogen) atoms. The highest BCUT2D eigenvalue weighted by Gasteiger charge is 2.06. The lowest BCUT2D eigenvalue weighted by molar-refractivity contribution is 0.305. The Kier molecular flexibility index (Phi) is 5.95. The molecule has 0 saturated carbocycles. The van der Waals surface area contributed by atoms with Gasteiger partial charge in [0.05, 0.1) is 16.7 Å². The first kappa shape index (κ1) is 15.7. The maximum atomic E-state index is 8.71. The van der Waals surface area contributed by atoms with Crippen molar-refractivity contribution in [1.82, 2.24) is 0 Å². The van der Waals surface area contributed by atoms with E-state index in [9.17, 15) is 0 Å². The Labute approximate surface area is 134 Å². The van der Waals surface area contributed by atoms with Crippen LogP contribution in [0.4, 0.5) is 0 Å². The fraction of sp³-hybridized carbons (Fsp3) is 0.176. The summed E-state index contributed by atoms with van der Waals surface area (Å²) in [5, 5.41) is 9.69. The number of rotatable bonds is 4. The summed E-state index contributed by atoms with van der Waals surface area (Å²) in [7, 11) is 0. The van der Waals surface area contributed by atoms with Crippen molar-refractivity contribution < 1.29 is 9.84 Å². The van der Waals surface area contributed by atoms with E-state index in [1.165, 1.54) is 0 Å². The Morgan fingerprint density at radius 2 is 1.76 bits per heavy atom. The minimum Gasteiger partial charge on any atom is -0.486 e. The van der Waals surface area contributed by atoms with Crippen molar-refractivity contribution in [3.8, 4) is 17.6 Å². The highest BCUT2D eigenvalue weighted by Crippen LogP contribution is 2.32. The number of halogens is 2. The summed E-state index contributed by atoms with van der Waals surface area (Å²) in [6.45, 7) is 0.430. The number of benzene rings is 2. The Balaban J connectivity index is 2.07. The van der Waals surface area contributed by atoms with Crippen LogP contribution in [0.5, 0.6) is 5.75 Å². The van der Waals surface area contributed by atoms with Gasteiger partial charge in [0.15, 0.2) is 5.75 Å². The molecule has 2 aromatic rings. The van der Waals surface area contributed by atoms with Gasteiger partial charge in [0.1, 0.15) is 6.61 Å². The molecule has 0 bridgehead atoms. The molecule has 0 saturated heterocycles. The van der Waals surface area contributed by atoms with Crippen molar-refractivity contribution in [1.29, 1.82) is 0 Å². The third-order valence-electron chi connectivity index (χ3n) is 2.70. The third kappa shape index (κ3) is 4.68. The average molecular weight is 321 g/mol. The zero-order chi connectivity index (χ0) is 15.1. The van der Waals surface area contributed by atoms with Crippen LogP contribution in [0.25, 0.3) is 0 Å². The summed E-state index contributed by atoms with van der Waals surface area (Å²) in [5.41, 5.74) is 1.86. The Hall–Kier alpha value is -1.66. The largest absolute Gasteiger partial charge is 0.486 e. The maximum absolute atomic E-state index is 8.71. The van der Waals surface area contributed by atoms with Crippen molar-refractivity contribution >= 4 is 23.2 Å². The molecule has 0 amide bonds. The van der Waals surface area contributed by atoms with Gasteiger partial charge in [0.2, 0.25) is 0 Å². The molecule has 0 spiro atoms. The minimum atomic E-state index is 0.0702. The normalized spacial score (nSPS) is 9.86. The summed E-state index contributed by atoms with van der Waals surface area (Å²) in [4.78, 5) is 0. The number of aliphatic hydroxyl groups excluding tert-OH is 1. The third-order valence-corrected chi connectivity index (χ3v) is 3.29. The molecular weight excluding hydrogens is 307 g/mol. The zero-order valence-corrected chi connectivity index (χ0v) is 12.8. The van der Waals surface area contributed by atoms with Crippen LogP contribution in [0.15, 0.2) is 42.5 Å². The van der Waals surface area contributed by atoms with Crippen LogP contribution >= 0.6 is 23.2 Å². The van der Waals surface area contributed by atoms with Gasteiger partial charge in [-0.1, -0.05) is 53.2 Å². The second-order valence-corrected chi connectivity index (χ2v) is 5.13. The van der Waals surface area contributed by atoms with Crippen LogP contribution < -0.4 is 4.74 Å². The molecule has 0 radical (unpaired) electrons. The second-order valence-electron chi connectivity index (χ2n) is 4.32. The zero-order valence-electron chi connectivity index (χ0n) is 11.3. The van der Waals surface area contributed by atoms with Crippen LogP contribution in [0.1, 0.15) is 17.5 Å². The monoisotopic (exact) mass is 320 g/mol. The number of ether oxygens (including phenoxy) is 1. The molecule has 0 aliphatic carbocycles. The lowest BCUT2D eigenvalue weighted by Crippen LogP contribution is -1.97. The highest BCUT2D eigenvalue weighted by atomic mass is 35.5. The van der Waals surface area contributed by atoms with Gasteiger partial charge in [0, 0.05) is 12.0 Å². The lowest BCUT2D eigenvalue weighted by atomic mass is 10.1. The van der Waals surface area contributed by atoms with Gasteiger partial charge in [-0.25, -0.2) is 0 Å². The fourth-order valence-corrected chi connectivity index (χ4v) is 2.24. The van der Waals surface area contributed by atoms with Crippen molar-refractivity contribution in [3.05, 3.63) is 63.6 Å². The van der Waals surface area contributed by atoms with Gasteiger partial charge in [-0.2, -0.15) is 0 Å². The van der Waals surface area contributed by atoms with E-state index in [2.05, 4.69) is 11.8 Å². The lowest BCUT2D eigenvalue weighted by Gasteiger charge is -2.09. The first-order valence-electron chi connectivity index (χ1n) is 6.46. The molecule has 0 aliphatic rings. The van der Waals surface area contributed by atoms with Crippen LogP contribution in [0, 0.1) is 11.8 Å². The van der Waals surface area contributed by atoms with E-state index in [0.717, 1.165) is 11.1 Å². The van der Waals surface area contributed by atoms with Crippen LogP contribution in [-0.2, 0) is 6.61 Å². The fourth-order valence-electron chi connectivity index (χ4n) is 1.74.